The van der Waals surface area contributed by atoms with E-state index in [1.165, 1.54) is 0 Å². The molecule has 3 aliphatic heterocycles. The van der Waals surface area contributed by atoms with E-state index >= 15 is 0 Å². The summed E-state index contributed by atoms with van der Waals surface area (Å²) in [7, 11) is -8.02. The minimum Gasteiger partial charge on any atom is -0.378 e. The molecule has 0 aromatic heterocycles. The molecule has 7 rings (SSSR count). The standard InChI is InChI=1S/C31H41N2O8P.C23H18N2O5.C12H28NO6P.CH4BNOS/c1-24(2)40-42(36,41-25(3)4)39-22-21-38-20-19-37-18-17-32-30(34)15-16-31(35)33-23-28-11-6-5-9-26(28)13-14-27-10-7-8-12-29(27)33;26-20(13-14-23(29)30-25-21(27)11-12-22(25)28)24-15-18-7-2-1-5-16(18)9-10-17-6-3-4-8-19(17)24;1-11(2)18-20(14,19-12(3)4)17-10-9-16-8-7-15-6-5-13;3-4-2-1-5/h5-12,24-25H,15-23H2,1-4H3,(H,32,34);1-8H,11-15H2;11-12H,5-10,13H2,1-4H3;1-2H,3H2/i;;;2D. The number of anilines is 2. The normalized spacial score (nSPS) is 13.1. The lowest BCUT2D eigenvalue weighted by molar-refractivity contribution is -0.197. The number of nitrogens with two attached hydrogens (primary N) is 2. The van der Waals surface area contributed by atoms with E-state index in [1.54, 1.807) is 65.2 Å². The Bertz CT molecular complexity index is 3400. The second-order valence-electron chi connectivity index (χ2n) is 22.0. The second kappa shape index (κ2) is 45.6. The van der Waals surface area contributed by atoms with Crippen molar-refractivity contribution in [3.05, 3.63) is 130 Å². The molecule has 97 heavy (non-hydrogen) atoms. The molecule has 3 aliphatic rings. The van der Waals surface area contributed by atoms with Crippen molar-refractivity contribution in [2.24, 2.45) is 11.6 Å². The van der Waals surface area contributed by atoms with E-state index in [2.05, 4.69) is 51.9 Å². The number of hydroxylamine groups is 2. The number of amides is 5. The van der Waals surface area contributed by atoms with Crippen LogP contribution in [0.2, 0.25) is 0 Å². The maximum atomic E-state index is 13.2. The Morgan fingerprint density at radius 3 is 1.33 bits per heavy atom. The smallest absolute Gasteiger partial charge is 0.378 e. The molecule has 5 N–H and O–H groups in total. The van der Waals surface area contributed by atoms with Gasteiger partial charge in [0, 0.05) is 68.8 Å². The quantitative estimate of drug-likeness (QED) is 0.00733. The lowest BCUT2D eigenvalue weighted by Crippen LogP contribution is -2.34. The van der Waals surface area contributed by atoms with Crippen molar-refractivity contribution in [2.75, 3.05) is 89.0 Å². The summed E-state index contributed by atoms with van der Waals surface area (Å²) in [6.45, 7) is 18.6. The first-order chi connectivity index (χ1) is 46.9. The number of benzene rings is 4. The summed E-state index contributed by atoms with van der Waals surface area (Å²) in [6, 6.07) is 30.3. The highest BCUT2D eigenvalue weighted by Crippen LogP contribution is 2.52. The van der Waals surface area contributed by atoms with E-state index < -0.39 is 40.9 Å². The van der Waals surface area contributed by atoms with E-state index in [0.717, 1.165) is 44.3 Å². The summed E-state index contributed by atoms with van der Waals surface area (Å²) in [5.74, 6) is 14.6. The summed E-state index contributed by atoms with van der Waals surface area (Å²) in [6.07, 6.45) is -1.29. The van der Waals surface area contributed by atoms with Gasteiger partial charge in [0.2, 0.25) is 17.7 Å². The predicted octanol–water partition coefficient (Wildman–Crippen LogP) is 8.30. The average Bonchev–Trinajstić information content (AvgIpc) is 1.51. The lowest BCUT2D eigenvalue weighted by Gasteiger charge is -2.26. The third-order valence-electron chi connectivity index (χ3n) is 12.7. The minimum absolute atomic E-state index is 0.0239. The van der Waals surface area contributed by atoms with Gasteiger partial charge in [0.1, 0.15) is 0 Å². The number of para-hydroxylation sites is 2. The van der Waals surface area contributed by atoms with Crippen LogP contribution in [-0.2, 0) is 107 Å². The zero-order valence-electron chi connectivity index (χ0n) is 57.3. The van der Waals surface area contributed by atoms with Gasteiger partial charge in [-0.3, -0.25) is 51.1 Å². The molecule has 0 radical (unpaired) electrons. The van der Waals surface area contributed by atoms with Crippen LogP contribution in [0.15, 0.2) is 97.1 Å². The number of imide groups is 1. The Balaban J connectivity index is 0.000000317. The molecule has 30 heteroatoms. The number of phosphoric ester groups is 2. The summed E-state index contributed by atoms with van der Waals surface area (Å²) in [5.41, 5.74) is 11.8. The van der Waals surface area contributed by atoms with Crippen LogP contribution in [0, 0.1) is 23.7 Å². The monoisotopic (exact) mass is 1410 g/mol. The Hall–Kier alpha value is -6.89. The average molecular weight is 1410 g/mol. The first-order valence-electron chi connectivity index (χ1n) is 32.3. The van der Waals surface area contributed by atoms with Gasteiger partial charge in [-0.25, -0.2) is 19.8 Å². The fourth-order valence-corrected chi connectivity index (χ4v) is 11.7. The van der Waals surface area contributed by atoms with Crippen LogP contribution in [0.1, 0.15) is 127 Å². The van der Waals surface area contributed by atoms with Gasteiger partial charge in [-0.15, -0.1) is 17.3 Å². The van der Waals surface area contributed by atoms with Gasteiger partial charge in [0.25, 0.3) is 11.8 Å². The van der Waals surface area contributed by atoms with Crippen LogP contribution >= 0.6 is 27.9 Å². The largest absolute Gasteiger partial charge is 0.475 e. The highest BCUT2D eigenvalue weighted by Gasteiger charge is 2.34. The molecule has 4 aromatic rings. The van der Waals surface area contributed by atoms with Crippen molar-refractivity contribution in [1.82, 2.24) is 10.4 Å². The molecule has 1 fully saturated rings. The van der Waals surface area contributed by atoms with Crippen molar-refractivity contribution < 1.29 is 93.6 Å². The maximum Gasteiger partial charge on any atom is 0.475 e. The zero-order chi connectivity index (χ0) is 71.9. The molecular weight excluding hydrogens is 1310 g/mol. The molecule has 0 bridgehead atoms. The number of hydrogen-bond donors (Lipinski definition) is 3. The molecular formula is C67H91BN6O20P2S. The molecule has 0 aliphatic carbocycles. The fourth-order valence-electron chi connectivity index (χ4n) is 8.65. The highest BCUT2D eigenvalue weighted by atomic mass is 32.1. The van der Waals surface area contributed by atoms with Gasteiger partial charge in [-0.1, -0.05) is 84.3 Å². The number of ether oxygens (including phenoxy) is 4. The molecule has 0 saturated carbocycles. The molecule has 0 atom stereocenters. The topological polar surface area (TPSA) is 321 Å². The zero-order valence-corrected chi connectivity index (χ0v) is 58.9. The van der Waals surface area contributed by atoms with Crippen LogP contribution in [0.25, 0.3) is 0 Å². The molecule has 1 saturated heterocycles. The number of hydrogen-bond acceptors (Lipinski definition) is 23. The second-order valence-corrected chi connectivity index (χ2v) is 25.4. The van der Waals surface area contributed by atoms with E-state index in [1.807, 2.05) is 97.1 Å². The lowest BCUT2D eigenvalue weighted by atomic mass is 10.0. The van der Waals surface area contributed by atoms with Gasteiger partial charge in [-0.05, 0) is 108 Å². The van der Waals surface area contributed by atoms with Crippen molar-refractivity contribution >= 4 is 87.5 Å². The number of fused-ring (bicyclic) bond motifs is 4. The number of thiocarbonyl (C=S) groups is 1. The number of phosphoric acid groups is 2. The molecule has 4 aromatic carbocycles. The van der Waals surface area contributed by atoms with E-state index in [0.29, 0.717) is 83.2 Å². The summed E-state index contributed by atoms with van der Waals surface area (Å²) >= 11 is 4.26. The van der Waals surface area contributed by atoms with Crippen molar-refractivity contribution in [1.29, 1.82) is 1.34 Å². The Labute approximate surface area is 576 Å². The molecule has 3 heterocycles. The molecule has 528 valence electrons. The molecule has 26 nitrogen and oxygen atoms in total. The number of carbonyl (C=O) groups is 6. The summed E-state index contributed by atoms with van der Waals surface area (Å²) < 4.78 is 88.2. The van der Waals surface area contributed by atoms with Crippen LogP contribution < -0.4 is 26.7 Å². The van der Waals surface area contributed by atoms with Crippen LogP contribution in [-0.4, -0.2) is 158 Å². The Morgan fingerprint density at radius 1 is 0.557 bits per heavy atom. The Morgan fingerprint density at radius 2 is 0.928 bits per heavy atom. The maximum absolute atomic E-state index is 13.2. The summed E-state index contributed by atoms with van der Waals surface area (Å²) in [4.78, 5) is 82.0. The van der Waals surface area contributed by atoms with Gasteiger partial charge < -0.3 is 49.4 Å². The molecule has 0 unspecified atom stereocenters. The van der Waals surface area contributed by atoms with Crippen molar-refractivity contribution in [3.8, 4) is 23.7 Å². The molecule has 0 spiro atoms. The number of rotatable bonds is 36. The Kier molecular flexibility index (Phi) is 38.0. The van der Waals surface area contributed by atoms with Gasteiger partial charge >= 0.3 is 29.1 Å². The van der Waals surface area contributed by atoms with Crippen LogP contribution in [0.3, 0.4) is 0 Å². The van der Waals surface area contributed by atoms with Gasteiger partial charge in [0.15, 0.2) is 0 Å². The molecule has 5 amide bonds. The first kappa shape index (κ1) is 80.8. The predicted molar refractivity (Wildman–Crippen MR) is 369 cm³/mol. The van der Waals surface area contributed by atoms with Crippen molar-refractivity contribution in [3.63, 3.8) is 0 Å². The third kappa shape index (κ3) is 32.1. The minimum atomic E-state index is -3.64. The van der Waals surface area contributed by atoms with Crippen LogP contribution in [0.5, 0.6) is 0 Å². The van der Waals surface area contributed by atoms with E-state index in [-0.39, 0.29) is 100 Å². The highest BCUT2D eigenvalue weighted by molar-refractivity contribution is 7.81. The summed E-state index contributed by atoms with van der Waals surface area (Å²) in [5, 5.41) is 4.40. The van der Waals surface area contributed by atoms with E-state index in [9.17, 15) is 37.9 Å². The number of nitrogens with zero attached hydrogens (tertiary/aromatic N) is 3. The van der Waals surface area contributed by atoms with E-state index in [4.69, 9.17) is 58.0 Å². The van der Waals surface area contributed by atoms with Gasteiger partial charge in [0.05, 0.1) is 121 Å². The van der Waals surface area contributed by atoms with Crippen LogP contribution in [0.4, 0.5) is 11.4 Å². The third-order valence-corrected chi connectivity index (χ3v) is 16.5. The number of carbonyl (C=O) groups excluding carboxylic acids is 6. The first-order valence-corrected chi connectivity index (χ1v) is 35.1. The number of nitrogens with one attached hydrogen (secondary N) is 1. The van der Waals surface area contributed by atoms with Crippen molar-refractivity contribution in [2.45, 2.75) is 131 Å². The SMILES string of the molecule is CC(C)OP(=O)(OCCOCCOCCN)OC(C)C.CC(C)OP(=O)(OCCOCCOCCNC(=O)CCC(=O)N1Cc2ccccc2C#Cc2ccccc21)OC(C)C.O=C(CCC(=O)N1Cc2ccccc2C#Cc2ccccc21)ON1C(=O)CCC1=O.[2H]B(C=S)ON. The van der Waals surface area contributed by atoms with Gasteiger partial charge in [-0.2, -0.15) is 0 Å². The fraction of sp³-hybridized carbons (Fsp3) is 0.478.